The molecule has 0 saturated carbocycles. The molecule has 0 unspecified atom stereocenters. The summed E-state index contributed by atoms with van der Waals surface area (Å²) in [4.78, 5) is 16.6. The van der Waals surface area contributed by atoms with Gasteiger partial charge >= 0.3 is 5.97 Å². The average molecular weight is 374 g/mol. The predicted octanol–water partition coefficient (Wildman–Crippen LogP) is 4.00. The number of para-hydroxylation sites is 1. The van der Waals surface area contributed by atoms with E-state index in [-0.39, 0.29) is 24.4 Å². The number of rotatable bonds is 9. The Bertz CT molecular complexity index is 720. The number of nitrogens with zero attached hydrogens (tertiary/aromatic N) is 1. The summed E-state index contributed by atoms with van der Waals surface area (Å²) in [6.07, 6.45) is 0.573. The first-order chi connectivity index (χ1) is 12.8. The van der Waals surface area contributed by atoms with E-state index in [9.17, 15) is 4.79 Å². The third kappa shape index (κ3) is 6.40. The van der Waals surface area contributed by atoms with Gasteiger partial charge in [0.25, 0.3) is 0 Å². The molecule has 1 aromatic carbocycles. The fourth-order valence-electron chi connectivity index (χ4n) is 2.36. The highest BCUT2D eigenvalue weighted by Gasteiger charge is 2.23. The van der Waals surface area contributed by atoms with Crippen molar-refractivity contribution in [2.45, 2.75) is 53.7 Å². The van der Waals surface area contributed by atoms with Crippen molar-refractivity contribution in [1.29, 1.82) is 0 Å². The van der Waals surface area contributed by atoms with Crippen molar-refractivity contribution in [2.24, 2.45) is 5.41 Å². The van der Waals surface area contributed by atoms with Crippen LogP contribution in [0.3, 0.4) is 0 Å². The number of carbonyl (C=O) groups excluding carboxylic acids is 1. The molecule has 6 heteroatoms. The van der Waals surface area contributed by atoms with Crippen LogP contribution in [0.5, 0.6) is 5.75 Å². The fourth-order valence-corrected chi connectivity index (χ4v) is 2.36. The largest absolute Gasteiger partial charge is 0.484 e. The number of hydrogen-bond donors (Lipinski definition) is 1. The molecule has 148 valence electrons. The third-order valence-corrected chi connectivity index (χ3v) is 4.42. The minimum absolute atomic E-state index is 0.155. The van der Waals surface area contributed by atoms with Crippen molar-refractivity contribution in [3.05, 3.63) is 47.7 Å². The molecule has 0 fully saturated rings. The van der Waals surface area contributed by atoms with Crippen molar-refractivity contribution in [2.75, 3.05) is 13.2 Å². The number of oxazole rings is 1. The van der Waals surface area contributed by atoms with Gasteiger partial charge in [-0.15, -0.1) is 0 Å². The molecule has 2 aromatic rings. The van der Waals surface area contributed by atoms with Crippen LogP contribution in [0.25, 0.3) is 0 Å². The highest BCUT2D eigenvalue weighted by molar-refractivity contribution is 5.87. The Balaban J connectivity index is 2.04. The van der Waals surface area contributed by atoms with E-state index < -0.39 is 5.97 Å². The van der Waals surface area contributed by atoms with Crippen LogP contribution in [-0.2, 0) is 17.8 Å². The lowest BCUT2D eigenvalue weighted by Gasteiger charge is -2.28. The first kappa shape index (κ1) is 21.0. The summed E-state index contributed by atoms with van der Waals surface area (Å²) in [7, 11) is 0. The topological polar surface area (TPSA) is 73.6 Å². The van der Waals surface area contributed by atoms with Gasteiger partial charge in [0.15, 0.2) is 6.61 Å². The molecule has 0 radical (unpaired) electrons. The highest BCUT2D eigenvalue weighted by Crippen LogP contribution is 2.19. The molecular formula is C21H30N2O4. The summed E-state index contributed by atoms with van der Waals surface area (Å²) in [5.74, 6) is 0.750. The number of aromatic nitrogens is 1. The highest BCUT2D eigenvalue weighted by atomic mass is 16.5. The smallest absolute Gasteiger partial charge is 0.376 e. The first-order valence-corrected chi connectivity index (χ1v) is 9.38. The van der Waals surface area contributed by atoms with E-state index in [2.05, 4.69) is 38.0 Å². The molecule has 0 aliphatic carbocycles. The number of benzene rings is 1. The van der Waals surface area contributed by atoms with Gasteiger partial charge in [-0.05, 0) is 31.4 Å². The molecular weight excluding hydrogens is 344 g/mol. The second-order valence-electron chi connectivity index (χ2n) is 7.50. The van der Waals surface area contributed by atoms with Gasteiger partial charge in [-0.3, -0.25) is 0 Å². The van der Waals surface area contributed by atoms with Crippen LogP contribution in [0.4, 0.5) is 0 Å². The number of hydrogen-bond acceptors (Lipinski definition) is 6. The molecule has 0 saturated heterocycles. The molecule has 0 spiro atoms. The quantitative estimate of drug-likeness (QED) is 0.669. The van der Waals surface area contributed by atoms with Crippen molar-refractivity contribution in [3.8, 4) is 5.75 Å². The zero-order chi connectivity index (χ0) is 19.9. The maximum atomic E-state index is 12.2. The molecule has 1 atom stereocenters. The average Bonchev–Trinajstić information content (AvgIpc) is 3.03. The molecule has 0 amide bonds. The van der Waals surface area contributed by atoms with Crippen molar-refractivity contribution < 1.29 is 18.7 Å². The zero-order valence-electron chi connectivity index (χ0n) is 16.9. The van der Waals surface area contributed by atoms with Crippen molar-refractivity contribution in [1.82, 2.24) is 10.3 Å². The van der Waals surface area contributed by atoms with E-state index >= 15 is 0 Å². The molecule has 0 bridgehead atoms. The third-order valence-electron chi connectivity index (χ3n) is 4.42. The Morgan fingerprint density at radius 2 is 1.96 bits per heavy atom. The van der Waals surface area contributed by atoms with Crippen LogP contribution in [0.1, 0.15) is 56.8 Å². The second-order valence-corrected chi connectivity index (χ2v) is 7.50. The van der Waals surface area contributed by atoms with E-state index in [1.807, 2.05) is 30.3 Å². The molecule has 0 aliphatic heterocycles. The fraction of sp³-hybridized carbons (Fsp3) is 0.524. The molecule has 6 nitrogen and oxygen atoms in total. The van der Waals surface area contributed by atoms with Crippen LogP contribution in [0.2, 0.25) is 0 Å². The van der Waals surface area contributed by atoms with Gasteiger partial charge in [-0.1, -0.05) is 39.0 Å². The van der Waals surface area contributed by atoms with E-state index in [0.29, 0.717) is 30.6 Å². The summed E-state index contributed by atoms with van der Waals surface area (Å²) < 4.78 is 16.4. The minimum atomic E-state index is -0.491. The van der Waals surface area contributed by atoms with Gasteiger partial charge in [0.2, 0.25) is 11.7 Å². The predicted molar refractivity (Wildman–Crippen MR) is 104 cm³/mol. The van der Waals surface area contributed by atoms with E-state index in [1.54, 1.807) is 6.92 Å². The maximum absolute atomic E-state index is 12.2. The van der Waals surface area contributed by atoms with Gasteiger partial charge in [0.1, 0.15) is 5.75 Å². The monoisotopic (exact) mass is 374 g/mol. The lowest BCUT2D eigenvalue weighted by atomic mass is 9.88. The first-order valence-electron chi connectivity index (χ1n) is 9.38. The van der Waals surface area contributed by atoms with Gasteiger partial charge in [-0.2, -0.15) is 0 Å². The van der Waals surface area contributed by atoms with Gasteiger partial charge in [-0.25, -0.2) is 9.78 Å². The summed E-state index contributed by atoms with van der Waals surface area (Å²) in [6.45, 7) is 11.6. The van der Waals surface area contributed by atoms with Crippen LogP contribution in [0.15, 0.2) is 34.7 Å². The zero-order valence-corrected chi connectivity index (χ0v) is 16.9. The van der Waals surface area contributed by atoms with Crippen LogP contribution in [0, 0.1) is 5.41 Å². The van der Waals surface area contributed by atoms with E-state index in [1.165, 1.54) is 0 Å². The van der Waals surface area contributed by atoms with E-state index in [0.717, 1.165) is 5.75 Å². The Morgan fingerprint density at radius 3 is 2.59 bits per heavy atom. The molecule has 1 heterocycles. The van der Waals surface area contributed by atoms with Crippen molar-refractivity contribution in [3.63, 3.8) is 0 Å². The number of ether oxygens (including phenoxy) is 2. The summed E-state index contributed by atoms with van der Waals surface area (Å²) in [5, 5.41) is 3.47. The second kappa shape index (κ2) is 9.55. The summed E-state index contributed by atoms with van der Waals surface area (Å²) in [6, 6.07) is 9.74. The Hall–Kier alpha value is -2.34. The summed E-state index contributed by atoms with van der Waals surface area (Å²) in [5.41, 5.74) is 0.747. The lowest BCUT2D eigenvalue weighted by molar-refractivity contribution is 0.0484. The van der Waals surface area contributed by atoms with Gasteiger partial charge in [0, 0.05) is 19.0 Å². The van der Waals surface area contributed by atoms with Crippen LogP contribution < -0.4 is 10.1 Å². The molecule has 27 heavy (non-hydrogen) atoms. The van der Waals surface area contributed by atoms with Gasteiger partial charge in [0.05, 0.1) is 12.3 Å². The lowest BCUT2D eigenvalue weighted by Crippen LogP contribution is -2.38. The molecule has 0 aliphatic rings. The maximum Gasteiger partial charge on any atom is 0.376 e. The standard InChI is InChI=1S/C21H30N2O4/c1-6-25-20(24)19-17(12-13-22-15(2)21(3,4)5)23-18(27-19)14-26-16-10-8-7-9-11-16/h7-11,15,22H,6,12-14H2,1-5H3/t15-/m1/s1. The van der Waals surface area contributed by atoms with Crippen molar-refractivity contribution >= 4 is 5.97 Å². The SMILES string of the molecule is CCOC(=O)c1oc(COc2ccccc2)nc1CCN[C@H](C)C(C)(C)C. The Labute approximate surface area is 161 Å². The van der Waals surface area contributed by atoms with Crippen LogP contribution in [-0.4, -0.2) is 30.1 Å². The molecule has 1 aromatic heterocycles. The minimum Gasteiger partial charge on any atom is -0.484 e. The molecule has 2 rings (SSSR count). The summed E-state index contributed by atoms with van der Waals surface area (Å²) >= 11 is 0. The van der Waals surface area contributed by atoms with Gasteiger partial charge < -0.3 is 19.2 Å². The van der Waals surface area contributed by atoms with Crippen LogP contribution >= 0.6 is 0 Å². The number of carbonyl (C=O) groups is 1. The number of esters is 1. The molecule has 1 N–H and O–H groups in total. The Morgan fingerprint density at radius 1 is 1.26 bits per heavy atom. The Kier molecular flexibility index (Phi) is 7.42. The normalized spacial score (nSPS) is 12.6. The van der Waals surface area contributed by atoms with E-state index in [4.69, 9.17) is 13.9 Å². The number of nitrogens with one attached hydrogen (secondary N) is 1.